The van der Waals surface area contributed by atoms with Crippen molar-refractivity contribution in [3.8, 4) is 0 Å². The molecule has 0 saturated heterocycles. The minimum atomic E-state index is -3.47. The van der Waals surface area contributed by atoms with Crippen molar-refractivity contribution in [2.45, 2.75) is 43.1 Å². The first-order chi connectivity index (χ1) is 9.59. The largest absolute Gasteiger partial charge is 0.377 e. The van der Waals surface area contributed by atoms with E-state index in [0.717, 1.165) is 12.8 Å². The number of hydrogen-bond acceptors (Lipinski definition) is 3. The van der Waals surface area contributed by atoms with Crippen LogP contribution in [0.2, 0.25) is 0 Å². The second-order valence-corrected chi connectivity index (χ2v) is 7.55. The van der Waals surface area contributed by atoms with Crippen LogP contribution in [0.4, 0.5) is 0 Å². The highest BCUT2D eigenvalue weighted by Gasteiger charge is 2.17. The highest BCUT2D eigenvalue weighted by Crippen LogP contribution is 2.21. The van der Waals surface area contributed by atoms with E-state index >= 15 is 0 Å². The maximum Gasteiger partial charge on any atom is 0.241 e. The number of ether oxygens (including phenoxy) is 1. The van der Waals surface area contributed by atoms with E-state index < -0.39 is 10.0 Å². The zero-order valence-electron chi connectivity index (χ0n) is 11.3. The Morgan fingerprint density at radius 3 is 2.60 bits per heavy atom. The topological polar surface area (TPSA) is 55.4 Å². The van der Waals surface area contributed by atoms with Crippen molar-refractivity contribution >= 4 is 26.0 Å². The van der Waals surface area contributed by atoms with Gasteiger partial charge in [0, 0.05) is 11.0 Å². The molecule has 1 aliphatic rings. The molecule has 1 aromatic carbocycles. The summed E-state index contributed by atoms with van der Waals surface area (Å²) in [6.07, 6.45) is 6.21. The molecule has 1 N–H and O–H groups in total. The molecule has 0 amide bonds. The molecule has 0 bridgehead atoms. The van der Waals surface area contributed by atoms with Crippen molar-refractivity contribution in [3.63, 3.8) is 0 Å². The van der Waals surface area contributed by atoms with E-state index in [9.17, 15) is 8.42 Å². The zero-order chi connectivity index (χ0) is 14.4. The van der Waals surface area contributed by atoms with E-state index in [1.165, 1.54) is 19.3 Å². The van der Waals surface area contributed by atoms with Crippen LogP contribution in [-0.4, -0.2) is 27.7 Å². The van der Waals surface area contributed by atoms with Gasteiger partial charge in [-0.2, -0.15) is 0 Å². The van der Waals surface area contributed by atoms with Gasteiger partial charge in [0.25, 0.3) is 0 Å². The molecule has 1 fully saturated rings. The van der Waals surface area contributed by atoms with E-state index in [2.05, 4.69) is 20.7 Å². The van der Waals surface area contributed by atoms with Crippen LogP contribution in [0.1, 0.15) is 32.1 Å². The standard InChI is InChI=1S/C14H20BrNO3S/c15-13-8-4-5-9-14(13)20(17,18)16-10-11-19-12-6-2-1-3-7-12/h4-5,8-9,12,16H,1-3,6-7,10-11H2. The summed E-state index contributed by atoms with van der Waals surface area (Å²) in [5, 5.41) is 0. The summed E-state index contributed by atoms with van der Waals surface area (Å²) in [7, 11) is -3.47. The second-order valence-electron chi connectivity index (χ2n) is 4.96. The number of sulfonamides is 1. The molecular weight excluding hydrogens is 342 g/mol. The lowest BCUT2D eigenvalue weighted by Gasteiger charge is -2.22. The smallest absolute Gasteiger partial charge is 0.241 e. The van der Waals surface area contributed by atoms with E-state index in [0.29, 0.717) is 23.7 Å². The average molecular weight is 362 g/mol. The molecule has 0 unspecified atom stereocenters. The summed E-state index contributed by atoms with van der Waals surface area (Å²) in [4.78, 5) is 0.262. The van der Waals surface area contributed by atoms with Crippen molar-refractivity contribution < 1.29 is 13.2 Å². The summed E-state index contributed by atoms with van der Waals surface area (Å²) in [5.41, 5.74) is 0. The van der Waals surface area contributed by atoms with Gasteiger partial charge in [-0.1, -0.05) is 31.4 Å². The highest BCUT2D eigenvalue weighted by atomic mass is 79.9. The van der Waals surface area contributed by atoms with Crippen LogP contribution in [0.25, 0.3) is 0 Å². The predicted molar refractivity (Wildman–Crippen MR) is 82.2 cm³/mol. The number of halogens is 1. The van der Waals surface area contributed by atoms with Crippen molar-refractivity contribution in [3.05, 3.63) is 28.7 Å². The Kier molecular flexibility index (Phi) is 6.01. The molecule has 0 aliphatic heterocycles. The van der Waals surface area contributed by atoms with Crippen LogP contribution in [-0.2, 0) is 14.8 Å². The maximum atomic E-state index is 12.1. The average Bonchev–Trinajstić information content (AvgIpc) is 2.45. The summed E-state index contributed by atoms with van der Waals surface area (Å²) in [6, 6.07) is 6.79. The van der Waals surface area contributed by atoms with E-state index in [1.807, 2.05) is 0 Å². The van der Waals surface area contributed by atoms with Gasteiger partial charge in [-0.3, -0.25) is 0 Å². The molecule has 0 heterocycles. The molecule has 2 rings (SSSR count). The third-order valence-corrected chi connectivity index (χ3v) is 5.90. The summed E-state index contributed by atoms with van der Waals surface area (Å²) >= 11 is 3.25. The summed E-state index contributed by atoms with van der Waals surface area (Å²) < 4.78 is 33.1. The SMILES string of the molecule is O=S(=O)(NCCOC1CCCCC1)c1ccccc1Br. The van der Waals surface area contributed by atoms with Gasteiger partial charge in [0.1, 0.15) is 0 Å². The van der Waals surface area contributed by atoms with E-state index in [-0.39, 0.29) is 4.90 Å². The summed E-state index contributed by atoms with van der Waals surface area (Å²) in [6.45, 7) is 0.731. The molecule has 4 nitrogen and oxygen atoms in total. The van der Waals surface area contributed by atoms with Crippen LogP contribution in [0, 0.1) is 0 Å². The number of hydrogen-bond donors (Lipinski definition) is 1. The minimum absolute atomic E-state index is 0.262. The quantitative estimate of drug-likeness (QED) is 0.792. The molecule has 0 aromatic heterocycles. The Balaban J connectivity index is 1.79. The Bertz CT molecular complexity index is 527. The molecule has 20 heavy (non-hydrogen) atoms. The Morgan fingerprint density at radius 2 is 1.90 bits per heavy atom. The first-order valence-electron chi connectivity index (χ1n) is 6.95. The molecule has 0 radical (unpaired) electrons. The Hall–Kier alpha value is -0.430. The van der Waals surface area contributed by atoms with Crippen molar-refractivity contribution in [1.29, 1.82) is 0 Å². The van der Waals surface area contributed by atoms with Crippen molar-refractivity contribution in [1.82, 2.24) is 4.72 Å². The molecule has 6 heteroatoms. The summed E-state index contributed by atoms with van der Waals surface area (Å²) in [5.74, 6) is 0. The van der Waals surface area contributed by atoms with Crippen LogP contribution >= 0.6 is 15.9 Å². The van der Waals surface area contributed by atoms with Crippen LogP contribution in [0.15, 0.2) is 33.6 Å². The van der Waals surface area contributed by atoms with Gasteiger partial charge in [0.05, 0.1) is 17.6 Å². The molecule has 1 aromatic rings. The fourth-order valence-corrected chi connectivity index (χ4v) is 4.39. The van der Waals surface area contributed by atoms with Crippen molar-refractivity contribution in [2.24, 2.45) is 0 Å². The van der Waals surface area contributed by atoms with Crippen LogP contribution in [0.3, 0.4) is 0 Å². The molecule has 1 saturated carbocycles. The van der Waals surface area contributed by atoms with Crippen LogP contribution < -0.4 is 4.72 Å². The molecule has 1 aliphatic carbocycles. The van der Waals surface area contributed by atoms with Gasteiger partial charge in [-0.15, -0.1) is 0 Å². The lowest BCUT2D eigenvalue weighted by molar-refractivity contribution is 0.0321. The van der Waals surface area contributed by atoms with Gasteiger partial charge in [0.15, 0.2) is 0 Å². The Morgan fingerprint density at radius 1 is 1.20 bits per heavy atom. The molecule has 0 atom stereocenters. The molecular formula is C14H20BrNO3S. The fraction of sp³-hybridized carbons (Fsp3) is 0.571. The van der Waals surface area contributed by atoms with Gasteiger partial charge in [-0.25, -0.2) is 13.1 Å². The lowest BCUT2D eigenvalue weighted by Crippen LogP contribution is -2.29. The minimum Gasteiger partial charge on any atom is -0.377 e. The number of nitrogens with one attached hydrogen (secondary N) is 1. The monoisotopic (exact) mass is 361 g/mol. The maximum absolute atomic E-state index is 12.1. The van der Waals surface area contributed by atoms with Gasteiger partial charge in [0.2, 0.25) is 10.0 Å². The second kappa shape index (κ2) is 7.54. The zero-order valence-corrected chi connectivity index (χ0v) is 13.7. The third kappa shape index (κ3) is 4.55. The first-order valence-corrected chi connectivity index (χ1v) is 9.23. The number of rotatable bonds is 6. The lowest BCUT2D eigenvalue weighted by atomic mass is 9.98. The normalized spacial score (nSPS) is 17.2. The van der Waals surface area contributed by atoms with Crippen molar-refractivity contribution in [2.75, 3.05) is 13.2 Å². The molecule has 0 spiro atoms. The third-order valence-electron chi connectivity index (χ3n) is 3.43. The van der Waals surface area contributed by atoms with E-state index in [1.54, 1.807) is 24.3 Å². The van der Waals surface area contributed by atoms with Crippen LogP contribution in [0.5, 0.6) is 0 Å². The van der Waals surface area contributed by atoms with Gasteiger partial charge >= 0.3 is 0 Å². The first kappa shape index (κ1) is 15.9. The fourth-order valence-electron chi connectivity index (χ4n) is 2.37. The number of benzene rings is 1. The predicted octanol–water partition coefficient (Wildman–Crippen LogP) is 3.08. The van der Waals surface area contributed by atoms with E-state index in [4.69, 9.17) is 4.74 Å². The van der Waals surface area contributed by atoms with Gasteiger partial charge < -0.3 is 4.74 Å². The Labute approximate surface area is 129 Å². The molecule has 112 valence electrons. The highest BCUT2D eigenvalue weighted by molar-refractivity contribution is 9.10. The van der Waals surface area contributed by atoms with Gasteiger partial charge in [-0.05, 0) is 40.9 Å².